The van der Waals surface area contributed by atoms with Gasteiger partial charge in [0, 0.05) is 41.8 Å². The SMILES string of the molecule is C=CCO[C@@]12Oc3ccc(OCCSc4ccccc4)cc3[C@H]3[C@H](CCCCO)[C@@H](CCCCO)C=C(C(=NOC)C[C@@H]1SCC)[C@H]32. The van der Waals surface area contributed by atoms with Gasteiger partial charge < -0.3 is 29.3 Å². The number of aliphatic hydroxyl groups is 2. The number of hydrogen-bond donors (Lipinski definition) is 2. The third kappa shape index (κ3) is 8.24. The quantitative estimate of drug-likeness (QED) is 0.0671. The van der Waals surface area contributed by atoms with Crippen molar-refractivity contribution in [3.8, 4) is 11.5 Å². The number of rotatable bonds is 19. The number of oxime groups is 1. The van der Waals surface area contributed by atoms with Crippen LogP contribution in [0.2, 0.25) is 0 Å². The maximum atomic E-state index is 9.75. The molecule has 47 heavy (non-hydrogen) atoms. The van der Waals surface area contributed by atoms with Crippen LogP contribution in [-0.4, -0.2) is 72.0 Å². The zero-order valence-electron chi connectivity index (χ0n) is 27.9. The largest absolute Gasteiger partial charge is 0.493 e. The van der Waals surface area contributed by atoms with Gasteiger partial charge in [0.15, 0.2) is 0 Å². The molecule has 0 radical (unpaired) electrons. The van der Waals surface area contributed by atoms with Crippen LogP contribution in [-0.2, 0) is 9.57 Å². The highest BCUT2D eigenvalue weighted by Gasteiger charge is 2.63. The molecule has 3 aliphatic rings. The topological polar surface area (TPSA) is 89.7 Å². The molecule has 2 N–H and O–H groups in total. The molecule has 0 amide bonds. The highest BCUT2D eigenvalue weighted by atomic mass is 32.2. The van der Waals surface area contributed by atoms with Gasteiger partial charge in [-0.15, -0.1) is 18.3 Å². The second-order valence-electron chi connectivity index (χ2n) is 12.4. The van der Waals surface area contributed by atoms with E-state index < -0.39 is 5.79 Å². The van der Waals surface area contributed by atoms with E-state index in [4.69, 9.17) is 19.0 Å². The summed E-state index contributed by atoms with van der Waals surface area (Å²) in [5.41, 5.74) is 3.26. The Labute approximate surface area is 289 Å². The first kappa shape index (κ1) is 35.9. The Hall–Kier alpha value is -2.43. The molecule has 0 bridgehead atoms. The van der Waals surface area contributed by atoms with E-state index in [1.165, 1.54) is 4.90 Å². The van der Waals surface area contributed by atoms with Crippen molar-refractivity contribution in [1.82, 2.24) is 0 Å². The van der Waals surface area contributed by atoms with Crippen molar-refractivity contribution < 1.29 is 29.3 Å². The van der Waals surface area contributed by atoms with Gasteiger partial charge in [0.25, 0.3) is 0 Å². The van der Waals surface area contributed by atoms with E-state index in [-0.39, 0.29) is 42.1 Å². The van der Waals surface area contributed by atoms with Gasteiger partial charge in [-0.25, -0.2) is 0 Å². The Bertz CT molecular complexity index is 1350. The summed E-state index contributed by atoms with van der Waals surface area (Å²) < 4.78 is 20.4. The van der Waals surface area contributed by atoms with Gasteiger partial charge in [-0.05, 0) is 79.2 Å². The van der Waals surface area contributed by atoms with E-state index in [1.54, 1.807) is 18.9 Å². The molecule has 7 nitrogen and oxygen atoms in total. The highest BCUT2D eigenvalue weighted by molar-refractivity contribution is 8.00. The minimum Gasteiger partial charge on any atom is -0.493 e. The Morgan fingerprint density at radius 1 is 1.06 bits per heavy atom. The lowest BCUT2D eigenvalue weighted by Crippen LogP contribution is -2.64. The summed E-state index contributed by atoms with van der Waals surface area (Å²) in [4.78, 5) is 6.70. The summed E-state index contributed by atoms with van der Waals surface area (Å²) >= 11 is 3.64. The van der Waals surface area contributed by atoms with Crippen LogP contribution in [0.25, 0.3) is 0 Å². The molecular formula is C38H51NO6S2. The molecule has 1 saturated carbocycles. The van der Waals surface area contributed by atoms with Crippen LogP contribution < -0.4 is 9.47 Å². The standard InChI is InChI=1S/C38H51NO6S2/c1-4-21-44-38-35(46-5-2)26-33(39-42-3)31-24-27(13-9-11-19-40)30(16-10-12-20-41)36(37(31)38)32-25-28(17-18-34(32)45-38)43-22-23-47-29-14-7-6-8-15-29/h4,6-8,14-15,17-18,24-25,27,30,35-37,40-41H,1,5,9-13,16,19-23,26H2,2-3H3/t27-,30+,35-,36+,37+,38+/m0/s1. The normalized spacial score (nSPS) is 26.9. The molecule has 0 spiro atoms. The average molecular weight is 682 g/mol. The second kappa shape index (κ2) is 17.8. The van der Waals surface area contributed by atoms with Crippen molar-refractivity contribution in [3.63, 3.8) is 0 Å². The molecule has 6 atom stereocenters. The van der Waals surface area contributed by atoms with Crippen molar-refractivity contribution in [2.75, 3.05) is 45.0 Å². The lowest BCUT2D eigenvalue weighted by atomic mass is 9.56. The first-order valence-corrected chi connectivity index (χ1v) is 19.2. The number of aliphatic hydroxyl groups excluding tert-OH is 2. The summed E-state index contributed by atoms with van der Waals surface area (Å²) in [7, 11) is 1.62. The maximum Gasteiger partial charge on any atom is 0.230 e. The Morgan fingerprint density at radius 3 is 2.57 bits per heavy atom. The molecule has 0 saturated heterocycles. The molecule has 1 fully saturated rings. The van der Waals surface area contributed by atoms with Gasteiger partial charge in [0.1, 0.15) is 18.6 Å². The molecule has 0 unspecified atom stereocenters. The summed E-state index contributed by atoms with van der Waals surface area (Å²) in [5.74, 6) is 3.04. The molecule has 2 aromatic carbocycles. The number of allylic oxidation sites excluding steroid dienone is 1. The molecule has 9 heteroatoms. The Balaban J connectivity index is 1.58. The monoisotopic (exact) mass is 681 g/mol. The minimum atomic E-state index is -0.912. The fourth-order valence-corrected chi connectivity index (χ4v) is 9.64. The van der Waals surface area contributed by atoms with Crippen molar-refractivity contribution in [2.45, 2.75) is 73.7 Å². The lowest BCUT2D eigenvalue weighted by molar-refractivity contribution is -0.223. The molecule has 5 rings (SSSR count). The summed E-state index contributed by atoms with van der Waals surface area (Å²) in [6.45, 7) is 7.50. The zero-order valence-corrected chi connectivity index (χ0v) is 29.5. The van der Waals surface area contributed by atoms with Crippen LogP contribution >= 0.6 is 23.5 Å². The van der Waals surface area contributed by atoms with Crippen LogP contribution in [0, 0.1) is 17.8 Å². The van der Waals surface area contributed by atoms with Crippen LogP contribution in [0.1, 0.15) is 63.4 Å². The van der Waals surface area contributed by atoms with Gasteiger partial charge in [-0.2, -0.15) is 11.8 Å². The van der Waals surface area contributed by atoms with E-state index in [1.807, 2.05) is 30.0 Å². The number of benzene rings is 2. The minimum absolute atomic E-state index is 0.00545. The highest BCUT2D eigenvalue weighted by Crippen LogP contribution is 2.62. The second-order valence-corrected chi connectivity index (χ2v) is 15.0. The molecule has 2 aliphatic carbocycles. The molecule has 0 aromatic heterocycles. The predicted octanol–water partition coefficient (Wildman–Crippen LogP) is 7.87. The number of thioether (sulfide) groups is 2. The van der Waals surface area contributed by atoms with E-state index in [0.717, 1.165) is 78.4 Å². The smallest absolute Gasteiger partial charge is 0.230 e. The van der Waals surface area contributed by atoms with Gasteiger partial charge >= 0.3 is 0 Å². The molecule has 256 valence electrons. The molecule has 2 aromatic rings. The fraction of sp³-hybridized carbons (Fsp3) is 0.553. The van der Waals surface area contributed by atoms with Crippen LogP contribution in [0.5, 0.6) is 11.5 Å². The third-order valence-corrected chi connectivity index (χ3v) is 11.8. The molecule has 1 aliphatic heterocycles. The maximum absolute atomic E-state index is 9.75. The third-order valence-electron chi connectivity index (χ3n) is 9.55. The van der Waals surface area contributed by atoms with Crippen molar-refractivity contribution in [3.05, 3.63) is 78.4 Å². The zero-order chi connectivity index (χ0) is 33.1. The number of unbranched alkanes of at least 4 members (excludes halogenated alkanes) is 2. The van der Waals surface area contributed by atoms with E-state index in [9.17, 15) is 10.2 Å². The summed E-state index contributed by atoms with van der Waals surface area (Å²) in [6.07, 6.45) is 10.2. The summed E-state index contributed by atoms with van der Waals surface area (Å²) in [6, 6.07) is 16.7. The lowest BCUT2D eigenvalue weighted by Gasteiger charge is -2.58. The number of fused-ring (bicyclic) bond motifs is 2. The number of nitrogens with zero attached hydrogens (tertiary/aromatic N) is 1. The number of ether oxygens (including phenoxy) is 3. The van der Waals surface area contributed by atoms with Gasteiger partial charge in [-0.3, -0.25) is 0 Å². The molecular weight excluding hydrogens is 631 g/mol. The van der Waals surface area contributed by atoms with Crippen LogP contribution in [0.4, 0.5) is 0 Å². The van der Waals surface area contributed by atoms with Gasteiger partial charge in [-0.1, -0.05) is 55.3 Å². The fourth-order valence-electron chi connectivity index (χ4n) is 7.71. The first-order chi connectivity index (χ1) is 23.1. The predicted molar refractivity (Wildman–Crippen MR) is 193 cm³/mol. The van der Waals surface area contributed by atoms with Crippen LogP contribution in [0.15, 0.2) is 82.9 Å². The van der Waals surface area contributed by atoms with E-state index in [0.29, 0.717) is 19.6 Å². The van der Waals surface area contributed by atoms with Crippen LogP contribution in [0.3, 0.4) is 0 Å². The van der Waals surface area contributed by atoms with Crippen molar-refractivity contribution >= 4 is 29.2 Å². The van der Waals surface area contributed by atoms with Gasteiger partial charge in [0.2, 0.25) is 5.79 Å². The van der Waals surface area contributed by atoms with Gasteiger partial charge in [0.05, 0.1) is 30.1 Å². The van der Waals surface area contributed by atoms with Crippen molar-refractivity contribution in [2.24, 2.45) is 22.9 Å². The average Bonchev–Trinajstić information content (AvgIpc) is 3.09. The van der Waals surface area contributed by atoms with Crippen molar-refractivity contribution in [1.29, 1.82) is 0 Å². The molecule has 1 heterocycles. The number of hydrogen-bond acceptors (Lipinski definition) is 9. The van der Waals surface area contributed by atoms with E-state index in [2.05, 4.69) is 61.1 Å². The Kier molecular flexibility index (Phi) is 13.6. The summed E-state index contributed by atoms with van der Waals surface area (Å²) in [5, 5.41) is 24.0. The Morgan fingerprint density at radius 2 is 1.85 bits per heavy atom. The van der Waals surface area contributed by atoms with E-state index >= 15 is 0 Å². The first-order valence-electron chi connectivity index (χ1n) is 17.1.